The molecule has 0 amide bonds. The lowest BCUT2D eigenvalue weighted by molar-refractivity contribution is 0.436. The third-order valence-electron chi connectivity index (χ3n) is 2.86. The molecule has 0 aliphatic heterocycles. The van der Waals surface area contributed by atoms with Gasteiger partial charge in [0.2, 0.25) is 0 Å². The van der Waals surface area contributed by atoms with Crippen molar-refractivity contribution in [1.29, 1.82) is 0 Å². The molecule has 0 aliphatic carbocycles. The fourth-order valence-electron chi connectivity index (χ4n) is 1.74. The van der Waals surface area contributed by atoms with E-state index in [9.17, 15) is 4.39 Å². The van der Waals surface area contributed by atoms with E-state index in [-0.39, 0.29) is 11.2 Å². The van der Waals surface area contributed by atoms with Crippen molar-refractivity contribution in [2.75, 3.05) is 13.1 Å². The Morgan fingerprint density at radius 1 is 1.38 bits per heavy atom. The molecule has 0 spiro atoms. The van der Waals surface area contributed by atoms with E-state index in [1.807, 2.05) is 12.1 Å². The van der Waals surface area contributed by atoms with Gasteiger partial charge in [0, 0.05) is 0 Å². The van der Waals surface area contributed by atoms with Crippen LogP contribution >= 0.6 is 15.9 Å². The third-order valence-corrected chi connectivity index (χ3v) is 3.47. The monoisotopic (exact) mass is 287 g/mol. The fourth-order valence-corrected chi connectivity index (χ4v) is 2.11. The highest BCUT2D eigenvalue weighted by atomic mass is 79.9. The highest BCUT2D eigenvalue weighted by Crippen LogP contribution is 2.31. The Kier molecular flexibility index (Phi) is 4.93. The van der Waals surface area contributed by atoms with Crippen molar-refractivity contribution in [3.63, 3.8) is 0 Å². The topological polar surface area (TPSA) is 12.0 Å². The molecule has 0 atom stereocenters. The highest BCUT2D eigenvalue weighted by molar-refractivity contribution is 9.10. The first-order valence-electron chi connectivity index (χ1n) is 5.64. The SMILES string of the molecule is CCNCCC(C)(C)c1cccc(Br)c1F. The second kappa shape index (κ2) is 5.78. The van der Waals surface area contributed by atoms with E-state index >= 15 is 0 Å². The van der Waals surface area contributed by atoms with Gasteiger partial charge in [-0.3, -0.25) is 0 Å². The van der Waals surface area contributed by atoms with Crippen molar-refractivity contribution in [3.05, 3.63) is 34.1 Å². The van der Waals surface area contributed by atoms with Crippen LogP contribution in [0.4, 0.5) is 4.39 Å². The summed E-state index contributed by atoms with van der Waals surface area (Å²) in [5.74, 6) is -0.135. The van der Waals surface area contributed by atoms with Crippen LogP contribution in [-0.2, 0) is 5.41 Å². The largest absolute Gasteiger partial charge is 0.317 e. The first kappa shape index (κ1) is 13.7. The van der Waals surface area contributed by atoms with Gasteiger partial charge in [0.05, 0.1) is 4.47 Å². The lowest BCUT2D eigenvalue weighted by atomic mass is 9.81. The zero-order valence-corrected chi connectivity index (χ0v) is 11.7. The van der Waals surface area contributed by atoms with Crippen LogP contribution in [0.25, 0.3) is 0 Å². The molecular weight excluding hydrogens is 269 g/mol. The standard InChI is InChI=1S/C13H19BrFN/c1-4-16-9-8-13(2,3)10-6-5-7-11(14)12(10)15/h5-7,16H,4,8-9H2,1-3H3. The average Bonchev–Trinajstić information content (AvgIpc) is 2.22. The minimum atomic E-state index is -0.143. The van der Waals surface area contributed by atoms with Gasteiger partial charge < -0.3 is 5.32 Å². The molecular formula is C13H19BrFN. The van der Waals surface area contributed by atoms with Crippen molar-refractivity contribution < 1.29 is 4.39 Å². The molecule has 1 N–H and O–H groups in total. The third kappa shape index (κ3) is 3.29. The van der Waals surface area contributed by atoms with Gasteiger partial charge in [-0.1, -0.05) is 32.9 Å². The van der Waals surface area contributed by atoms with Crippen LogP contribution in [0, 0.1) is 5.82 Å². The number of benzene rings is 1. The van der Waals surface area contributed by atoms with Crippen LogP contribution in [-0.4, -0.2) is 13.1 Å². The van der Waals surface area contributed by atoms with Crippen LogP contribution in [0.15, 0.2) is 22.7 Å². The van der Waals surface area contributed by atoms with Crippen LogP contribution in [0.2, 0.25) is 0 Å². The van der Waals surface area contributed by atoms with Gasteiger partial charge in [-0.25, -0.2) is 4.39 Å². The van der Waals surface area contributed by atoms with Gasteiger partial charge in [-0.15, -0.1) is 0 Å². The number of rotatable bonds is 5. The quantitative estimate of drug-likeness (QED) is 0.811. The van der Waals surface area contributed by atoms with Crippen LogP contribution in [0.5, 0.6) is 0 Å². The number of halogens is 2. The molecule has 0 fully saturated rings. The van der Waals surface area contributed by atoms with E-state index in [1.54, 1.807) is 6.07 Å². The zero-order chi connectivity index (χ0) is 12.2. The molecule has 1 aromatic carbocycles. The lowest BCUT2D eigenvalue weighted by Crippen LogP contribution is -2.26. The second-order valence-corrected chi connectivity index (χ2v) is 5.44. The van der Waals surface area contributed by atoms with Gasteiger partial charge in [-0.2, -0.15) is 0 Å². The maximum Gasteiger partial charge on any atom is 0.141 e. The van der Waals surface area contributed by atoms with Crippen molar-refractivity contribution >= 4 is 15.9 Å². The maximum absolute atomic E-state index is 13.9. The minimum absolute atomic E-state index is 0.135. The molecule has 0 unspecified atom stereocenters. The van der Waals surface area contributed by atoms with E-state index in [1.165, 1.54) is 0 Å². The Balaban J connectivity index is 2.84. The molecule has 0 aromatic heterocycles. The van der Waals surface area contributed by atoms with Crippen molar-refractivity contribution in [2.45, 2.75) is 32.6 Å². The molecule has 3 heteroatoms. The van der Waals surface area contributed by atoms with Crippen molar-refractivity contribution in [2.24, 2.45) is 0 Å². The summed E-state index contributed by atoms with van der Waals surface area (Å²) in [4.78, 5) is 0. The Hall–Kier alpha value is -0.410. The summed E-state index contributed by atoms with van der Waals surface area (Å²) in [5, 5.41) is 3.27. The maximum atomic E-state index is 13.9. The first-order valence-corrected chi connectivity index (χ1v) is 6.43. The van der Waals surface area contributed by atoms with E-state index in [4.69, 9.17) is 0 Å². The summed E-state index contributed by atoms with van der Waals surface area (Å²) < 4.78 is 14.5. The summed E-state index contributed by atoms with van der Waals surface area (Å²) in [7, 11) is 0. The smallest absolute Gasteiger partial charge is 0.141 e. The molecule has 0 bridgehead atoms. The molecule has 0 saturated carbocycles. The summed E-state index contributed by atoms with van der Waals surface area (Å²) in [6.07, 6.45) is 0.925. The van der Waals surface area contributed by atoms with E-state index < -0.39 is 0 Å². The van der Waals surface area contributed by atoms with Crippen LogP contribution in [0.3, 0.4) is 0 Å². The predicted octanol–water partition coefficient (Wildman–Crippen LogP) is 3.87. The van der Waals surface area contributed by atoms with Gasteiger partial charge in [0.1, 0.15) is 5.82 Å². The average molecular weight is 288 g/mol. The van der Waals surface area contributed by atoms with Gasteiger partial charge in [0.25, 0.3) is 0 Å². The molecule has 0 radical (unpaired) electrons. The summed E-state index contributed by atoms with van der Waals surface area (Å²) in [6.45, 7) is 8.10. The summed E-state index contributed by atoms with van der Waals surface area (Å²) in [6, 6.07) is 5.49. The van der Waals surface area contributed by atoms with Crippen molar-refractivity contribution in [1.82, 2.24) is 5.32 Å². The molecule has 0 saturated heterocycles. The molecule has 1 aromatic rings. The lowest BCUT2D eigenvalue weighted by Gasteiger charge is -2.26. The van der Waals surface area contributed by atoms with Gasteiger partial charge in [0.15, 0.2) is 0 Å². The molecule has 1 rings (SSSR count). The Morgan fingerprint density at radius 2 is 2.06 bits per heavy atom. The van der Waals surface area contributed by atoms with Crippen molar-refractivity contribution in [3.8, 4) is 0 Å². The Bertz CT molecular complexity index is 350. The molecule has 0 aliphatic rings. The fraction of sp³-hybridized carbons (Fsp3) is 0.538. The van der Waals surface area contributed by atoms with E-state index in [0.29, 0.717) is 4.47 Å². The molecule has 0 heterocycles. The van der Waals surface area contributed by atoms with E-state index in [0.717, 1.165) is 25.1 Å². The Morgan fingerprint density at radius 3 is 2.69 bits per heavy atom. The zero-order valence-electron chi connectivity index (χ0n) is 10.1. The predicted molar refractivity (Wildman–Crippen MR) is 70.3 cm³/mol. The van der Waals surface area contributed by atoms with Crippen LogP contribution < -0.4 is 5.32 Å². The van der Waals surface area contributed by atoms with Crippen LogP contribution in [0.1, 0.15) is 32.8 Å². The molecule has 90 valence electrons. The normalized spacial score (nSPS) is 11.8. The molecule has 1 nitrogen and oxygen atoms in total. The van der Waals surface area contributed by atoms with Gasteiger partial charge in [-0.05, 0) is 52.5 Å². The number of hydrogen-bond acceptors (Lipinski definition) is 1. The molecule has 16 heavy (non-hydrogen) atoms. The number of nitrogens with one attached hydrogen (secondary N) is 1. The summed E-state index contributed by atoms with van der Waals surface area (Å²) >= 11 is 3.23. The van der Waals surface area contributed by atoms with Gasteiger partial charge >= 0.3 is 0 Å². The summed E-state index contributed by atoms with van der Waals surface area (Å²) in [5.41, 5.74) is 0.635. The van der Waals surface area contributed by atoms with E-state index in [2.05, 4.69) is 42.0 Å². The first-order chi connectivity index (χ1) is 7.49. The second-order valence-electron chi connectivity index (χ2n) is 4.59. The number of hydrogen-bond donors (Lipinski definition) is 1. The Labute approximate surface area is 106 Å². The highest BCUT2D eigenvalue weighted by Gasteiger charge is 2.24. The minimum Gasteiger partial charge on any atom is -0.317 e.